The summed E-state index contributed by atoms with van der Waals surface area (Å²) in [7, 11) is 0. The van der Waals surface area contributed by atoms with E-state index in [0.717, 1.165) is 11.8 Å². The Bertz CT molecular complexity index is 423. The van der Waals surface area contributed by atoms with Gasteiger partial charge in [-0.1, -0.05) is 48.1 Å². The second-order valence-electron chi connectivity index (χ2n) is 4.38. The van der Waals surface area contributed by atoms with E-state index in [0.29, 0.717) is 0 Å². The number of hydrogen-bond donors (Lipinski definition) is 0. The maximum atomic E-state index is 2.34. The minimum absolute atomic E-state index is 0.821. The van der Waals surface area contributed by atoms with E-state index in [4.69, 9.17) is 0 Å². The Hall–Kier alpha value is -1.30. The van der Waals surface area contributed by atoms with Gasteiger partial charge in [-0.05, 0) is 36.3 Å². The van der Waals surface area contributed by atoms with Crippen molar-refractivity contribution in [3.05, 3.63) is 53.6 Å². The van der Waals surface area contributed by atoms with Crippen LogP contribution in [0, 0.1) is 18.8 Å². The fourth-order valence-electron chi connectivity index (χ4n) is 2.35. The highest BCUT2D eigenvalue weighted by Gasteiger charge is 2.39. The maximum absolute atomic E-state index is 2.34. The van der Waals surface area contributed by atoms with Gasteiger partial charge in [-0.15, -0.1) is 0 Å². The summed E-state index contributed by atoms with van der Waals surface area (Å²) in [5.41, 5.74) is 4.32. The molecule has 2 atom stereocenters. The molecule has 0 radical (unpaired) electrons. The zero-order valence-corrected chi connectivity index (χ0v) is 8.40. The van der Waals surface area contributed by atoms with E-state index in [1.165, 1.54) is 17.5 Å². The molecule has 0 saturated heterocycles. The van der Waals surface area contributed by atoms with Crippen molar-refractivity contribution in [3.8, 4) is 0 Å². The van der Waals surface area contributed by atoms with Crippen LogP contribution in [0.2, 0.25) is 0 Å². The molecule has 0 aliphatic heterocycles. The van der Waals surface area contributed by atoms with Crippen LogP contribution in [0.5, 0.6) is 0 Å². The molecule has 0 spiro atoms. The molecule has 1 aromatic carbocycles. The lowest BCUT2D eigenvalue weighted by Crippen LogP contribution is -1.92. The average molecular weight is 182 g/mol. The van der Waals surface area contributed by atoms with Crippen LogP contribution in [0.3, 0.4) is 0 Å². The normalized spacial score (nSPS) is 28.2. The van der Waals surface area contributed by atoms with E-state index in [9.17, 15) is 0 Å². The molecular formula is C14H14. The van der Waals surface area contributed by atoms with Crippen LogP contribution >= 0.6 is 0 Å². The molecule has 0 N–H and O–H groups in total. The molecule has 1 aromatic rings. The summed E-state index contributed by atoms with van der Waals surface area (Å²) in [6.07, 6.45) is 8.19. The van der Waals surface area contributed by atoms with Gasteiger partial charge in [0.05, 0.1) is 0 Å². The Balaban J connectivity index is 2.02. The number of rotatable bonds is 1. The molecule has 0 bridgehead atoms. The molecule has 2 aliphatic rings. The smallest absolute Gasteiger partial charge is 0.00869 e. The summed E-state index contributed by atoms with van der Waals surface area (Å²) in [4.78, 5) is 0. The Morgan fingerprint density at radius 3 is 3.07 bits per heavy atom. The van der Waals surface area contributed by atoms with Gasteiger partial charge >= 0.3 is 0 Å². The second-order valence-corrected chi connectivity index (χ2v) is 4.38. The van der Waals surface area contributed by atoms with Crippen molar-refractivity contribution in [2.24, 2.45) is 11.8 Å². The van der Waals surface area contributed by atoms with Crippen LogP contribution in [-0.4, -0.2) is 0 Å². The quantitative estimate of drug-likeness (QED) is 0.622. The monoisotopic (exact) mass is 182 g/mol. The van der Waals surface area contributed by atoms with Crippen LogP contribution in [0.1, 0.15) is 17.5 Å². The third-order valence-electron chi connectivity index (χ3n) is 3.22. The summed E-state index contributed by atoms with van der Waals surface area (Å²) in [5, 5.41) is 0. The highest BCUT2D eigenvalue weighted by atomic mass is 14.4. The SMILES string of the molecule is Cc1cccc(C2=CC=CC3CC23)c1. The standard InChI is InChI=1S/C14H14/c1-10-4-2-5-11(8-10)13-7-3-6-12-9-14(12)13/h2-8,12,14H,9H2,1H3. The fourth-order valence-corrected chi connectivity index (χ4v) is 2.35. The number of hydrogen-bond acceptors (Lipinski definition) is 0. The van der Waals surface area contributed by atoms with Gasteiger partial charge in [0.1, 0.15) is 0 Å². The average Bonchev–Trinajstić information content (AvgIpc) is 2.95. The van der Waals surface area contributed by atoms with Gasteiger partial charge in [0, 0.05) is 0 Å². The van der Waals surface area contributed by atoms with Crippen LogP contribution in [0.25, 0.3) is 5.57 Å². The van der Waals surface area contributed by atoms with E-state index in [1.54, 1.807) is 5.57 Å². The lowest BCUT2D eigenvalue weighted by Gasteiger charge is -2.09. The first-order valence-electron chi connectivity index (χ1n) is 5.30. The van der Waals surface area contributed by atoms with Crippen molar-refractivity contribution < 1.29 is 0 Å². The van der Waals surface area contributed by atoms with Crippen molar-refractivity contribution in [2.75, 3.05) is 0 Å². The van der Waals surface area contributed by atoms with Crippen molar-refractivity contribution in [1.29, 1.82) is 0 Å². The summed E-state index contributed by atoms with van der Waals surface area (Å²) < 4.78 is 0. The first-order chi connectivity index (χ1) is 6.84. The second kappa shape index (κ2) is 2.84. The Kier molecular flexibility index (Phi) is 1.63. The summed E-state index contributed by atoms with van der Waals surface area (Å²) >= 11 is 0. The Morgan fingerprint density at radius 1 is 1.29 bits per heavy atom. The number of fused-ring (bicyclic) bond motifs is 1. The molecule has 2 unspecified atom stereocenters. The molecule has 0 nitrogen and oxygen atoms in total. The minimum atomic E-state index is 0.821. The molecular weight excluding hydrogens is 168 g/mol. The molecule has 0 heterocycles. The van der Waals surface area contributed by atoms with Crippen molar-refractivity contribution in [2.45, 2.75) is 13.3 Å². The molecule has 0 aromatic heterocycles. The first kappa shape index (κ1) is 8.05. The fraction of sp³-hybridized carbons (Fsp3) is 0.286. The maximum Gasteiger partial charge on any atom is -0.00869 e. The Labute approximate surface area is 85.0 Å². The van der Waals surface area contributed by atoms with Crippen LogP contribution in [-0.2, 0) is 0 Å². The van der Waals surface area contributed by atoms with Gasteiger partial charge in [-0.25, -0.2) is 0 Å². The van der Waals surface area contributed by atoms with Gasteiger partial charge < -0.3 is 0 Å². The molecule has 1 fully saturated rings. The van der Waals surface area contributed by atoms with Crippen LogP contribution in [0.4, 0.5) is 0 Å². The van der Waals surface area contributed by atoms with Crippen LogP contribution < -0.4 is 0 Å². The number of allylic oxidation sites excluding steroid dienone is 4. The zero-order valence-electron chi connectivity index (χ0n) is 8.40. The summed E-state index contributed by atoms with van der Waals surface area (Å²) in [5.74, 6) is 1.66. The minimum Gasteiger partial charge on any atom is -0.0808 e. The molecule has 0 amide bonds. The van der Waals surface area contributed by atoms with Gasteiger partial charge in [0.2, 0.25) is 0 Å². The highest BCUT2D eigenvalue weighted by molar-refractivity contribution is 5.73. The van der Waals surface area contributed by atoms with E-state index in [-0.39, 0.29) is 0 Å². The first-order valence-corrected chi connectivity index (χ1v) is 5.30. The molecule has 3 rings (SSSR count). The van der Waals surface area contributed by atoms with E-state index in [1.807, 2.05) is 0 Å². The largest absolute Gasteiger partial charge is 0.0808 e. The van der Waals surface area contributed by atoms with E-state index in [2.05, 4.69) is 49.4 Å². The van der Waals surface area contributed by atoms with E-state index >= 15 is 0 Å². The predicted molar refractivity (Wildman–Crippen MR) is 59.9 cm³/mol. The summed E-state index contributed by atoms with van der Waals surface area (Å²) in [6.45, 7) is 2.16. The summed E-state index contributed by atoms with van der Waals surface area (Å²) in [6, 6.07) is 8.84. The zero-order chi connectivity index (χ0) is 9.54. The predicted octanol–water partition coefficient (Wildman–Crippen LogP) is 3.58. The van der Waals surface area contributed by atoms with Crippen molar-refractivity contribution in [1.82, 2.24) is 0 Å². The molecule has 1 saturated carbocycles. The van der Waals surface area contributed by atoms with Crippen LogP contribution in [0.15, 0.2) is 42.5 Å². The van der Waals surface area contributed by atoms with Gasteiger partial charge in [0.25, 0.3) is 0 Å². The van der Waals surface area contributed by atoms with Gasteiger partial charge in [-0.3, -0.25) is 0 Å². The third kappa shape index (κ3) is 1.22. The Morgan fingerprint density at radius 2 is 2.21 bits per heavy atom. The highest BCUT2D eigenvalue weighted by Crippen LogP contribution is 2.50. The number of benzene rings is 1. The molecule has 14 heavy (non-hydrogen) atoms. The molecule has 70 valence electrons. The number of aryl methyl sites for hydroxylation is 1. The third-order valence-corrected chi connectivity index (χ3v) is 3.22. The van der Waals surface area contributed by atoms with Gasteiger partial charge in [0.15, 0.2) is 0 Å². The van der Waals surface area contributed by atoms with Crippen molar-refractivity contribution in [3.63, 3.8) is 0 Å². The lowest BCUT2D eigenvalue weighted by atomic mass is 9.96. The van der Waals surface area contributed by atoms with E-state index < -0.39 is 0 Å². The van der Waals surface area contributed by atoms with Crippen molar-refractivity contribution >= 4 is 5.57 Å². The van der Waals surface area contributed by atoms with Gasteiger partial charge in [-0.2, -0.15) is 0 Å². The lowest BCUT2D eigenvalue weighted by molar-refractivity contribution is 0.998. The molecule has 2 aliphatic carbocycles. The topological polar surface area (TPSA) is 0 Å². The molecule has 0 heteroatoms.